The number of likely N-dealkylation sites (N-methyl/N-ethyl adjacent to an activating group) is 1. The summed E-state index contributed by atoms with van der Waals surface area (Å²) in [7, 11) is 3.90. The molecule has 1 aromatic carbocycles. The highest BCUT2D eigenvalue weighted by Gasteiger charge is 2.38. The zero-order valence-electron chi connectivity index (χ0n) is 10.3. The fraction of sp³-hybridized carbons (Fsp3) is 0.267. The van der Waals surface area contributed by atoms with E-state index in [1.54, 1.807) is 0 Å². The lowest BCUT2D eigenvalue weighted by Gasteiger charge is -2.36. The summed E-state index contributed by atoms with van der Waals surface area (Å²) in [6.45, 7) is 0. The molecule has 2 nitrogen and oxygen atoms in total. The van der Waals surface area contributed by atoms with Crippen LogP contribution in [-0.4, -0.2) is 30.3 Å². The number of ketones is 1. The third kappa shape index (κ3) is 2.08. The zero-order valence-corrected chi connectivity index (χ0v) is 10.3. The van der Waals surface area contributed by atoms with E-state index in [0.717, 1.165) is 12.0 Å². The number of nitrogens with zero attached hydrogens (tertiary/aromatic N) is 1. The highest BCUT2D eigenvalue weighted by Crippen LogP contribution is 2.27. The van der Waals surface area contributed by atoms with Gasteiger partial charge in [0.1, 0.15) is 5.54 Å². The molecule has 88 valence electrons. The highest BCUT2D eigenvalue weighted by atomic mass is 16.1. The molecule has 1 atom stereocenters. The van der Waals surface area contributed by atoms with Gasteiger partial charge in [-0.05, 0) is 20.5 Å². The normalized spacial score (nSPS) is 23.0. The van der Waals surface area contributed by atoms with E-state index in [9.17, 15) is 4.79 Å². The van der Waals surface area contributed by atoms with Gasteiger partial charge in [0.15, 0.2) is 5.78 Å². The molecule has 2 rings (SSSR count). The summed E-state index contributed by atoms with van der Waals surface area (Å²) in [5.41, 5.74) is 0.233. The Balaban J connectivity index is 2.39. The maximum Gasteiger partial charge on any atom is 0.187 e. The van der Waals surface area contributed by atoms with E-state index in [4.69, 9.17) is 0 Å². The Labute approximate surface area is 102 Å². The molecule has 0 bridgehead atoms. The van der Waals surface area contributed by atoms with Crippen LogP contribution in [0.2, 0.25) is 0 Å². The van der Waals surface area contributed by atoms with Crippen molar-refractivity contribution in [2.24, 2.45) is 0 Å². The smallest absolute Gasteiger partial charge is 0.187 e. The fourth-order valence-electron chi connectivity index (χ4n) is 2.15. The van der Waals surface area contributed by atoms with Crippen molar-refractivity contribution in [3.63, 3.8) is 0 Å². The van der Waals surface area contributed by atoms with Crippen LogP contribution in [0.3, 0.4) is 0 Å². The minimum absolute atomic E-state index is 0.156. The number of rotatable bonds is 3. The predicted octanol–water partition coefficient (Wildman–Crippen LogP) is 2.69. The van der Waals surface area contributed by atoms with Gasteiger partial charge in [-0.2, -0.15) is 0 Å². The molecule has 0 saturated heterocycles. The second kappa shape index (κ2) is 4.68. The average molecular weight is 227 g/mol. The molecule has 0 amide bonds. The second-order valence-corrected chi connectivity index (χ2v) is 4.51. The van der Waals surface area contributed by atoms with E-state index >= 15 is 0 Å². The highest BCUT2D eigenvalue weighted by molar-refractivity contribution is 6.05. The van der Waals surface area contributed by atoms with E-state index in [2.05, 4.69) is 0 Å². The van der Waals surface area contributed by atoms with Crippen molar-refractivity contribution in [3.8, 4) is 0 Å². The van der Waals surface area contributed by atoms with Crippen LogP contribution in [0.1, 0.15) is 16.8 Å². The van der Waals surface area contributed by atoms with Gasteiger partial charge in [0.05, 0.1) is 0 Å². The third-order valence-corrected chi connectivity index (χ3v) is 3.28. The number of carbonyl (C=O) groups is 1. The quantitative estimate of drug-likeness (QED) is 0.740. The molecule has 0 aliphatic heterocycles. The van der Waals surface area contributed by atoms with Crippen molar-refractivity contribution in [2.75, 3.05) is 14.1 Å². The minimum atomic E-state index is -0.532. The van der Waals surface area contributed by atoms with Crippen LogP contribution in [0.4, 0.5) is 0 Å². The van der Waals surface area contributed by atoms with Crippen LogP contribution in [-0.2, 0) is 0 Å². The average Bonchev–Trinajstić information content (AvgIpc) is 2.39. The zero-order chi connectivity index (χ0) is 12.3. The molecule has 1 aliphatic rings. The fourth-order valence-corrected chi connectivity index (χ4v) is 2.15. The Morgan fingerprint density at radius 3 is 2.41 bits per heavy atom. The number of benzene rings is 1. The first kappa shape index (κ1) is 11.8. The Bertz CT molecular complexity index is 459. The Morgan fingerprint density at radius 2 is 1.88 bits per heavy atom. The maximum atomic E-state index is 12.6. The van der Waals surface area contributed by atoms with Crippen LogP contribution < -0.4 is 0 Å². The van der Waals surface area contributed by atoms with E-state index in [0.29, 0.717) is 0 Å². The van der Waals surface area contributed by atoms with Crippen molar-refractivity contribution in [1.29, 1.82) is 0 Å². The second-order valence-electron chi connectivity index (χ2n) is 4.51. The molecule has 1 aliphatic carbocycles. The van der Waals surface area contributed by atoms with Gasteiger partial charge in [0, 0.05) is 5.56 Å². The first-order chi connectivity index (χ1) is 8.17. The lowest BCUT2D eigenvalue weighted by molar-refractivity contribution is 0.0776. The molecule has 0 heterocycles. The van der Waals surface area contributed by atoms with Crippen LogP contribution in [0.5, 0.6) is 0 Å². The number of carbonyl (C=O) groups excluding carboxylic acids is 1. The van der Waals surface area contributed by atoms with Crippen molar-refractivity contribution in [1.82, 2.24) is 4.90 Å². The van der Waals surface area contributed by atoms with E-state index in [-0.39, 0.29) is 5.78 Å². The molecule has 0 fully saturated rings. The van der Waals surface area contributed by atoms with Crippen molar-refractivity contribution in [2.45, 2.75) is 12.0 Å². The number of allylic oxidation sites excluding steroid dienone is 2. The monoisotopic (exact) mass is 227 g/mol. The van der Waals surface area contributed by atoms with Crippen LogP contribution in [0, 0.1) is 0 Å². The predicted molar refractivity (Wildman–Crippen MR) is 70.1 cm³/mol. The van der Waals surface area contributed by atoms with Gasteiger partial charge in [0.25, 0.3) is 0 Å². The van der Waals surface area contributed by atoms with Gasteiger partial charge < -0.3 is 0 Å². The van der Waals surface area contributed by atoms with E-state index in [1.165, 1.54) is 0 Å². The lowest BCUT2D eigenvalue weighted by Crippen LogP contribution is -2.49. The summed E-state index contributed by atoms with van der Waals surface area (Å²) >= 11 is 0. The first-order valence-electron chi connectivity index (χ1n) is 5.78. The summed E-state index contributed by atoms with van der Waals surface area (Å²) in [5, 5.41) is 0. The Morgan fingerprint density at radius 1 is 1.18 bits per heavy atom. The number of Topliss-reactive ketones (excluding diaryl/α,β-unsaturated/α-hetero) is 1. The molecule has 0 spiro atoms. The summed E-state index contributed by atoms with van der Waals surface area (Å²) in [6, 6.07) is 9.48. The van der Waals surface area contributed by atoms with Crippen LogP contribution >= 0.6 is 0 Å². The molecule has 0 aromatic heterocycles. The molecule has 17 heavy (non-hydrogen) atoms. The summed E-state index contributed by atoms with van der Waals surface area (Å²) in [4.78, 5) is 14.6. The maximum absolute atomic E-state index is 12.6. The summed E-state index contributed by atoms with van der Waals surface area (Å²) < 4.78 is 0. The summed E-state index contributed by atoms with van der Waals surface area (Å²) in [6.07, 6.45) is 8.69. The number of hydrogen-bond acceptors (Lipinski definition) is 2. The lowest BCUT2D eigenvalue weighted by atomic mass is 9.82. The molecular weight excluding hydrogens is 210 g/mol. The minimum Gasteiger partial charge on any atom is -0.293 e. The van der Waals surface area contributed by atoms with Gasteiger partial charge in [-0.15, -0.1) is 0 Å². The Hall–Kier alpha value is -1.67. The SMILES string of the molecule is CN(C)C1(C(=O)c2ccccc2)C=CC=CC1. The van der Waals surface area contributed by atoms with Crippen molar-refractivity contribution in [3.05, 3.63) is 60.2 Å². The Kier molecular flexibility index (Phi) is 3.25. The molecule has 0 radical (unpaired) electrons. The largest absolute Gasteiger partial charge is 0.293 e. The van der Waals surface area contributed by atoms with Gasteiger partial charge in [-0.1, -0.05) is 54.6 Å². The first-order valence-corrected chi connectivity index (χ1v) is 5.78. The van der Waals surface area contributed by atoms with Crippen LogP contribution in [0.15, 0.2) is 54.6 Å². The topological polar surface area (TPSA) is 20.3 Å². The molecule has 1 aromatic rings. The molecule has 2 heteroatoms. The van der Waals surface area contributed by atoms with E-state index < -0.39 is 5.54 Å². The van der Waals surface area contributed by atoms with E-state index in [1.807, 2.05) is 73.6 Å². The van der Waals surface area contributed by atoms with Gasteiger partial charge in [0.2, 0.25) is 0 Å². The van der Waals surface area contributed by atoms with Crippen molar-refractivity contribution >= 4 is 5.78 Å². The summed E-state index contributed by atoms with van der Waals surface area (Å²) in [5.74, 6) is 0.156. The van der Waals surface area contributed by atoms with Gasteiger partial charge >= 0.3 is 0 Å². The van der Waals surface area contributed by atoms with Gasteiger partial charge in [-0.25, -0.2) is 0 Å². The number of hydrogen-bond donors (Lipinski definition) is 0. The molecule has 0 N–H and O–H groups in total. The molecule has 1 unspecified atom stereocenters. The third-order valence-electron chi connectivity index (χ3n) is 3.28. The molecule has 0 saturated carbocycles. The molecular formula is C15H17NO. The van der Waals surface area contributed by atoms with Crippen LogP contribution in [0.25, 0.3) is 0 Å². The van der Waals surface area contributed by atoms with Crippen molar-refractivity contribution < 1.29 is 4.79 Å². The standard InChI is InChI=1S/C15H17NO/c1-16(2)15(11-7-4-8-12-15)14(17)13-9-5-3-6-10-13/h3-11H,12H2,1-2H3. The van der Waals surface area contributed by atoms with Gasteiger partial charge in [-0.3, -0.25) is 9.69 Å².